The predicted octanol–water partition coefficient (Wildman–Crippen LogP) is 4.93. The summed E-state index contributed by atoms with van der Waals surface area (Å²) >= 11 is 0. The van der Waals surface area contributed by atoms with Crippen molar-refractivity contribution in [1.29, 1.82) is 5.26 Å². The number of alkyl halides is 6. The van der Waals surface area contributed by atoms with E-state index in [0.29, 0.717) is 30.9 Å². The molecule has 1 aromatic carbocycles. The monoisotopic (exact) mass is 621 g/mol. The van der Waals surface area contributed by atoms with Crippen LogP contribution in [0.25, 0.3) is 17.0 Å². The first-order valence-electron chi connectivity index (χ1n) is 12.3. The minimum absolute atomic E-state index is 0.227. The lowest BCUT2D eigenvalue weighted by Crippen LogP contribution is -2.56. The van der Waals surface area contributed by atoms with Crippen molar-refractivity contribution in [1.82, 2.24) is 4.90 Å². The highest BCUT2D eigenvalue weighted by molar-refractivity contribution is 6.61. The van der Waals surface area contributed by atoms with E-state index in [0.717, 1.165) is 27.4 Å². The fraction of sp³-hybridized carbons (Fsp3) is 0.423. The second-order valence-electron chi connectivity index (χ2n) is 8.65. The van der Waals surface area contributed by atoms with Gasteiger partial charge in [0.15, 0.2) is 0 Å². The summed E-state index contributed by atoms with van der Waals surface area (Å²) in [5, 5.41) is 9.07. The molecule has 0 spiro atoms. The molecular formula is C26H29F6N3O6Si. The SMILES string of the molecule is CCN(CC)c1ccc2c(C(F)(F)F)c(/C=C/C=C(\C#N)C(=O)N(CC(F)(F)F)C[Si](OC)(OC)OC)c(=O)oc2c1. The van der Waals surface area contributed by atoms with Crippen molar-refractivity contribution < 1.29 is 48.8 Å². The lowest BCUT2D eigenvalue weighted by atomic mass is 10.0. The molecule has 0 fully saturated rings. The maximum Gasteiger partial charge on any atom is 0.520 e. The van der Waals surface area contributed by atoms with Crippen molar-refractivity contribution in [3.8, 4) is 6.07 Å². The molecule has 0 saturated carbocycles. The fourth-order valence-electron chi connectivity index (χ4n) is 4.11. The Morgan fingerprint density at radius 2 is 1.67 bits per heavy atom. The summed E-state index contributed by atoms with van der Waals surface area (Å²) in [5.41, 5.74) is -4.23. The van der Waals surface area contributed by atoms with Crippen molar-refractivity contribution in [3.63, 3.8) is 0 Å². The summed E-state index contributed by atoms with van der Waals surface area (Å²) in [6.07, 6.45) is -8.57. The van der Waals surface area contributed by atoms with Crippen LogP contribution in [0.5, 0.6) is 0 Å². The molecule has 0 atom stereocenters. The molecule has 0 unspecified atom stereocenters. The number of allylic oxidation sites excluding steroid dienone is 2. The van der Waals surface area contributed by atoms with Gasteiger partial charge in [-0.2, -0.15) is 31.6 Å². The lowest BCUT2D eigenvalue weighted by molar-refractivity contribution is -0.158. The highest BCUT2D eigenvalue weighted by Crippen LogP contribution is 2.38. The Kier molecular flexibility index (Phi) is 11.5. The van der Waals surface area contributed by atoms with Crippen molar-refractivity contribution in [2.75, 3.05) is 52.0 Å². The summed E-state index contributed by atoms with van der Waals surface area (Å²) in [6.45, 7) is 3.00. The molecule has 1 heterocycles. The Bertz CT molecular complexity index is 1410. The van der Waals surface area contributed by atoms with E-state index in [4.69, 9.17) is 17.7 Å². The molecule has 0 saturated heterocycles. The molecule has 42 heavy (non-hydrogen) atoms. The number of benzene rings is 1. The first-order chi connectivity index (χ1) is 19.6. The number of amides is 1. The number of anilines is 1. The standard InChI is InChI=1S/C26H29F6N3O6Si/c1-6-34(7-2)18-11-12-19-21(13-18)41-24(37)20(22(19)26(30,31)32)10-8-9-17(14-33)23(36)35(15-25(27,28)29)16-42(38-3,39-4)40-5/h8-13H,6-7,15-16H2,1-5H3/b10-8+,17-9+. The van der Waals surface area contributed by atoms with Crippen LogP contribution in [-0.2, 0) is 24.2 Å². The number of hydrogen-bond acceptors (Lipinski definition) is 8. The predicted molar refractivity (Wildman–Crippen MR) is 143 cm³/mol. The topological polar surface area (TPSA) is 105 Å². The molecule has 0 aliphatic carbocycles. The zero-order chi connectivity index (χ0) is 31.9. The normalized spacial score (nSPS) is 13.0. The fourth-order valence-corrected chi connectivity index (χ4v) is 5.72. The van der Waals surface area contributed by atoms with Crippen LogP contribution in [0.1, 0.15) is 25.0 Å². The molecule has 9 nitrogen and oxygen atoms in total. The van der Waals surface area contributed by atoms with Gasteiger partial charge in [-0.15, -0.1) is 0 Å². The summed E-state index contributed by atoms with van der Waals surface area (Å²) in [6, 6.07) is 5.36. The number of halogens is 6. The lowest BCUT2D eigenvalue weighted by Gasteiger charge is -2.31. The molecule has 0 bridgehead atoms. The van der Waals surface area contributed by atoms with Crippen LogP contribution < -0.4 is 10.5 Å². The van der Waals surface area contributed by atoms with E-state index in [9.17, 15) is 41.2 Å². The molecule has 2 rings (SSSR count). The molecule has 0 aliphatic heterocycles. The third-order valence-electron chi connectivity index (χ3n) is 6.19. The Hall–Kier alpha value is -3.65. The summed E-state index contributed by atoms with van der Waals surface area (Å²) in [4.78, 5) is 27.6. The number of nitrogens with zero attached hydrogens (tertiary/aromatic N) is 3. The van der Waals surface area contributed by atoms with Crippen molar-refractivity contribution in [2.45, 2.75) is 26.2 Å². The van der Waals surface area contributed by atoms with E-state index in [1.165, 1.54) is 24.3 Å². The second-order valence-corrected chi connectivity index (χ2v) is 11.6. The first-order valence-corrected chi connectivity index (χ1v) is 14.3. The van der Waals surface area contributed by atoms with Gasteiger partial charge in [0.1, 0.15) is 23.8 Å². The average Bonchev–Trinajstić information content (AvgIpc) is 2.92. The Morgan fingerprint density at radius 3 is 2.14 bits per heavy atom. The van der Waals surface area contributed by atoms with Crippen molar-refractivity contribution in [2.24, 2.45) is 0 Å². The van der Waals surface area contributed by atoms with Gasteiger partial charge in [0.2, 0.25) is 0 Å². The van der Waals surface area contributed by atoms with Crippen LogP contribution in [0, 0.1) is 11.3 Å². The van der Waals surface area contributed by atoms with Gasteiger partial charge in [0.05, 0.1) is 17.3 Å². The minimum Gasteiger partial charge on any atom is -0.422 e. The van der Waals surface area contributed by atoms with E-state index in [-0.39, 0.29) is 10.5 Å². The summed E-state index contributed by atoms with van der Waals surface area (Å²) < 4.78 is 103. The van der Waals surface area contributed by atoms with Crippen molar-refractivity contribution >= 4 is 37.4 Å². The van der Waals surface area contributed by atoms with Crippen LogP contribution in [0.4, 0.5) is 32.0 Å². The number of nitriles is 1. The Labute approximate surface area is 238 Å². The van der Waals surface area contributed by atoms with Crippen LogP contribution in [0.15, 0.2) is 45.1 Å². The number of carbonyl (C=O) groups excluding carboxylic acids is 1. The Morgan fingerprint density at radius 1 is 1.07 bits per heavy atom. The van der Waals surface area contributed by atoms with Gasteiger partial charge < -0.3 is 27.5 Å². The second kappa shape index (κ2) is 14.0. The van der Waals surface area contributed by atoms with Gasteiger partial charge in [-0.3, -0.25) is 4.79 Å². The highest BCUT2D eigenvalue weighted by Gasteiger charge is 2.45. The van der Waals surface area contributed by atoms with Gasteiger partial charge in [0.25, 0.3) is 5.91 Å². The largest absolute Gasteiger partial charge is 0.520 e. The van der Waals surface area contributed by atoms with Gasteiger partial charge in [0, 0.05) is 51.6 Å². The van der Waals surface area contributed by atoms with Crippen LogP contribution in [0.3, 0.4) is 0 Å². The summed E-state index contributed by atoms with van der Waals surface area (Å²) in [7, 11) is -0.471. The summed E-state index contributed by atoms with van der Waals surface area (Å²) in [5.74, 6) is -1.42. The molecule has 230 valence electrons. The number of rotatable bonds is 12. The van der Waals surface area contributed by atoms with E-state index in [1.54, 1.807) is 0 Å². The Balaban J connectivity index is 2.60. The maximum atomic E-state index is 14.2. The maximum absolute atomic E-state index is 14.2. The minimum atomic E-state index is -5.01. The molecule has 1 amide bonds. The van der Waals surface area contributed by atoms with E-state index in [2.05, 4.69) is 0 Å². The van der Waals surface area contributed by atoms with Gasteiger partial charge in [-0.25, -0.2) is 4.79 Å². The quantitative estimate of drug-likeness (QED) is 0.0821. The molecule has 1 aromatic heterocycles. The molecule has 0 aliphatic rings. The highest BCUT2D eigenvalue weighted by atomic mass is 28.4. The number of fused-ring (bicyclic) bond motifs is 1. The van der Waals surface area contributed by atoms with Crippen molar-refractivity contribution in [3.05, 3.63) is 57.5 Å². The third kappa shape index (κ3) is 8.22. The van der Waals surface area contributed by atoms with Gasteiger partial charge >= 0.3 is 26.8 Å². The first kappa shape index (κ1) is 34.5. The van der Waals surface area contributed by atoms with Gasteiger partial charge in [-0.1, -0.05) is 6.08 Å². The van der Waals surface area contributed by atoms with E-state index < -0.39 is 67.5 Å². The third-order valence-corrected chi connectivity index (χ3v) is 8.83. The molecule has 2 aromatic rings. The number of hydrogen-bond donors (Lipinski definition) is 0. The van der Waals surface area contributed by atoms with E-state index >= 15 is 0 Å². The molecule has 0 N–H and O–H groups in total. The van der Waals surface area contributed by atoms with Crippen LogP contribution >= 0.6 is 0 Å². The zero-order valence-corrected chi connectivity index (χ0v) is 24.4. The molecule has 0 radical (unpaired) electrons. The molecule has 16 heteroatoms. The smallest absolute Gasteiger partial charge is 0.422 e. The molecular weight excluding hydrogens is 592 g/mol. The zero-order valence-electron chi connectivity index (χ0n) is 23.4. The van der Waals surface area contributed by atoms with Crippen LogP contribution in [-0.4, -0.2) is 72.9 Å². The van der Waals surface area contributed by atoms with E-state index in [1.807, 2.05) is 18.7 Å². The van der Waals surface area contributed by atoms with Crippen LogP contribution in [0.2, 0.25) is 0 Å². The van der Waals surface area contributed by atoms with Gasteiger partial charge in [-0.05, 0) is 38.1 Å². The number of carbonyl (C=O) groups is 1. The average molecular weight is 622 g/mol.